The van der Waals surface area contributed by atoms with E-state index in [0.717, 1.165) is 0 Å². The van der Waals surface area contributed by atoms with Gasteiger partial charge in [-0.1, -0.05) is 0 Å². The van der Waals surface area contributed by atoms with Crippen LogP contribution >= 0.6 is 15.9 Å². The highest BCUT2D eigenvalue weighted by Crippen LogP contribution is 2.04. The number of pyridine rings is 1. The molecule has 0 radical (unpaired) electrons. The molecule has 1 amide bonds. The van der Waals surface area contributed by atoms with Gasteiger partial charge in [0.1, 0.15) is 0 Å². The lowest BCUT2D eigenvalue weighted by atomic mass is 10.1. The highest BCUT2D eigenvalue weighted by atomic mass is 79.9. The Hall–Kier alpha value is -1.14. The van der Waals surface area contributed by atoms with Crippen molar-refractivity contribution in [3.8, 4) is 0 Å². The Morgan fingerprint density at radius 3 is 2.61 bits per heavy atom. The number of hydrogen-bond donors (Lipinski definition) is 3. The number of aromatic amines is 1. The summed E-state index contributed by atoms with van der Waals surface area (Å²) in [5, 5.41) is 6.04. The lowest BCUT2D eigenvalue weighted by Crippen LogP contribution is -2.41. The highest BCUT2D eigenvalue weighted by Gasteiger charge is 2.09. The van der Waals surface area contributed by atoms with Crippen LogP contribution in [0.2, 0.25) is 0 Å². The number of amides is 1. The van der Waals surface area contributed by atoms with Crippen LogP contribution in [0.3, 0.4) is 0 Å². The van der Waals surface area contributed by atoms with E-state index in [1.165, 1.54) is 12.3 Å². The Morgan fingerprint density at radius 2 is 2.06 bits per heavy atom. The number of H-pyrrole nitrogens is 1. The third-order valence-corrected chi connectivity index (χ3v) is 2.78. The van der Waals surface area contributed by atoms with E-state index in [-0.39, 0.29) is 17.0 Å². The van der Waals surface area contributed by atoms with Gasteiger partial charge in [0.2, 0.25) is 0 Å². The van der Waals surface area contributed by atoms with E-state index in [9.17, 15) is 9.59 Å². The summed E-state index contributed by atoms with van der Waals surface area (Å²) in [6, 6.07) is 1.51. The van der Waals surface area contributed by atoms with Crippen molar-refractivity contribution in [2.45, 2.75) is 26.3 Å². The molecular weight excluding hydrogens is 298 g/mol. The maximum Gasteiger partial charge on any atom is 0.262 e. The Morgan fingerprint density at radius 1 is 1.39 bits per heavy atom. The van der Waals surface area contributed by atoms with Gasteiger partial charge in [0, 0.05) is 24.8 Å². The Bertz CT molecular complexity index is 477. The highest BCUT2D eigenvalue weighted by molar-refractivity contribution is 9.10. The van der Waals surface area contributed by atoms with Crippen LogP contribution in [0.1, 0.15) is 31.1 Å². The molecule has 0 bridgehead atoms. The van der Waals surface area contributed by atoms with Gasteiger partial charge in [-0.2, -0.15) is 0 Å². The Kier molecular flexibility index (Phi) is 5.10. The monoisotopic (exact) mass is 315 g/mol. The fourth-order valence-corrected chi connectivity index (χ4v) is 1.66. The minimum Gasteiger partial charge on any atom is -0.351 e. The van der Waals surface area contributed by atoms with Crippen molar-refractivity contribution in [3.63, 3.8) is 0 Å². The van der Waals surface area contributed by atoms with E-state index in [0.29, 0.717) is 23.1 Å². The second kappa shape index (κ2) is 6.15. The van der Waals surface area contributed by atoms with Crippen LogP contribution in [0.4, 0.5) is 0 Å². The zero-order valence-electron chi connectivity index (χ0n) is 10.8. The first-order valence-electron chi connectivity index (χ1n) is 5.71. The fourth-order valence-electron chi connectivity index (χ4n) is 1.30. The van der Waals surface area contributed by atoms with E-state index in [4.69, 9.17) is 0 Å². The smallest absolute Gasteiger partial charge is 0.262 e. The topological polar surface area (TPSA) is 74.0 Å². The van der Waals surface area contributed by atoms with Crippen LogP contribution in [0.15, 0.2) is 21.5 Å². The van der Waals surface area contributed by atoms with Crippen LogP contribution in [-0.4, -0.2) is 29.5 Å². The Labute approximate surface area is 114 Å². The molecule has 18 heavy (non-hydrogen) atoms. The first-order chi connectivity index (χ1) is 8.29. The molecule has 0 aliphatic rings. The molecule has 1 rings (SSSR count). The number of halogens is 1. The second-order valence-corrected chi connectivity index (χ2v) is 5.85. The number of aromatic nitrogens is 1. The van der Waals surface area contributed by atoms with Gasteiger partial charge < -0.3 is 15.6 Å². The van der Waals surface area contributed by atoms with Crippen LogP contribution in [0.25, 0.3) is 0 Å². The zero-order valence-corrected chi connectivity index (χ0v) is 12.3. The molecule has 1 aromatic heterocycles. The van der Waals surface area contributed by atoms with Gasteiger partial charge in [-0.05, 0) is 42.8 Å². The molecule has 3 N–H and O–H groups in total. The summed E-state index contributed by atoms with van der Waals surface area (Å²) >= 11 is 3.09. The number of nitrogens with one attached hydrogen (secondary N) is 3. The normalized spacial score (nSPS) is 11.3. The van der Waals surface area contributed by atoms with Gasteiger partial charge in [0.05, 0.1) is 10.0 Å². The summed E-state index contributed by atoms with van der Waals surface area (Å²) in [4.78, 5) is 25.4. The van der Waals surface area contributed by atoms with E-state index in [1.54, 1.807) is 0 Å². The maximum absolute atomic E-state index is 11.8. The van der Waals surface area contributed by atoms with Crippen LogP contribution in [0.5, 0.6) is 0 Å². The fraction of sp³-hybridized carbons (Fsp3) is 0.500. The lowest BCUT2D eigenvalue weighted by Gasteiger charge is -2.20. The van der Waals surface area contributed by atoms with E-state index < -0.39 is 0 Å². The summed E-state index contributed by atoms with van der Waals surface area (Å²) in [7, 11) is 0. The third-order valence-electron chi connectivity index (χ3n) is 2.19. The van der Waals surface area contributed by atoms with E-state index in [1.807, 2.05) is 0 Å². The molecule has 0 spiro atoms. The van der Waals surface area contributed by atoms with Crippen molar-refractivity contribution in [2.24, 2.45) is 0 Å². The first kappa shape index (κ1) is 14.9. The predicted octanol–water partition coefficient (Wildman–Crippen LogP) is 1.26. The summed E-state index contributed by atoms with van der Waals surface area (Å²) in [5.41, 5.74) is 0.212. The maximum atomic E-state index is 11.8. The van der Waals surface area contributed by atoms with Gasteiger partial charge in [0.15, 0.2) is 0 Å². The second-order valence-electron chi connectivity index (χ2n) is 5.00. The first-order valence-corrected chi connectivity index (χ1v) is 6.50. The average Bonchev–Trinajstić information content (AvgIpc) is 2.26. The molecule has 0 aromatic carbocycles. The van der Waals surface area contributed by atoms with E-state index in [2.05, 4.69) is 52.3 Å². The number of carbonyl (C=O) groups is 1. The minimum absolute atomic E-state index is 0.0335. The lowest BCUT2D eigenvalue weighted by molar-refractivity contribution is 0.0952. The summed E-state index contributed by atoms with van der Waals surface area (Å²) < 4.78 is 0.350. The van der Waals surface area contributed by atoms with Crippen molar-refractivity contribution in [3.05, 3.63) is 32.7 Å². The molecule has 0 aliphatic carbocycles. The molecular formula is C12H18BrN3O2. The summed E-state index contributed by atoms with van der Waals surface area (Å²) in [6.45, 7) is 7.42. The van der Waals surface area contributed by atoms with E-state index >= 15 is 0 Å². The zero-order chi connectivity index (χ0) is 13.8. The van der Waals surface area contributed by atoms with Crippen molar-refractivity contribution in [1.82, 2.24) is 15.6 Å². The molecule has 0 saturated heterocycles. The van der Waals surface area contributed by atoms with Crippen LogP contribution in [0, 0.1) is 0 Å². The molecule has 0 saturated carbocycles. The summed E-state index contributed by atoms with van der Waals surface area (Å²) in [6.07, 6.45) is 1.40. The largest absolute Gasteiger partial charge is 0.351 e. The van der Waals surface area contributed by atoms with Crippen molar-refractivity contribution < 1.29 is 4.79 Å². The number of carbonyl (C=O) groups excluding carboxylic acids is 1. The molecule has 1 aromatic rings. The molecule has 100 valence electrons. The Balaban J connectivity index is 2.46. The number of hydrogen-bond acceptors (Lipinski definition) is 3. The van der Waals surface area contributed by atoms with Crippen LogP contribution < -0.4 is 16.2 Å². The van der Waals surface area contributed by atoms with Gasteiger partial charge in [-0.15, -0.1) is 0 Å². The molecule has 0 aliphatic heterocycles. The molecule has 0 atom stereocenters. The molecule has 5 nitrogen and oxygen atoms in total. The quantitative estimate of drug-likeness (QED) is 0.732. The average molecular weight is 316 g/mol. The van der Waals surface area contributed by atoms with Gasteiger partial charge in [-0.25, -0.2) is 0 Å². The summed E-state index contributed by atoms with van der Waals surface area (Å²) in [5.74, 6) is -0.206. The predicted molar refractivity (Wildman–Crippen MR) is 74.9 cm³/mol. The minimum atomic E-state index is -0.249. The van der Waals surface area contributed by atoms with Crippen molar-refractivity contribution in [2.75, 3.05) is 13.1 Å². The van der Waals surface area contributed by atoms with Gasteiger partial charge in [-0.3, -0.25) is 9.59 Å². The third kappa shape index (κ3) is 5.01. The SMILES string of the molecule is CC(C)(C)NCCNC(=O)c1c[nH]c(=O)c(Br)c1. The number of rotatable bonds is 4. The van der Waals surface area contributed by atoms with Gasteiger partial charge in [0.25, 0.3) is 11.5 Å². The molecule has 6 heteroatoms. The van der Waals surface area contributed by atoms with Crippen molar-refractivity contribution >= 4 is 21.8 Å². The van der Waals surface area contributed by atoms with Gasteiger partial charge >= 0.3 is 0 Å². The molecule has 0 unspecified atom stereocenters. The van der Waals surface area contributed by atoms with Crippen LogP contribution in [-0.2, 0) is 0 Å². The standard InChI is InChI=1S/C12H18BrN3O2/c1-12(2,3)16-5-4-14-10(17)8-6-9(13)11(18)15-7-8/h6-7,16H,4-5H2,1-3H3,(H,14,17)(H,15,18). The molecule has 1 heterocycles. The molecule has 0 fully saturated rings. The van der Waals surface area contributed by atoms with Crippen molar-refractivity contribution in [1.29, 1.82) is 0 Å².